The summed E-state index contributed by atoms with van der Waals surface area (Å²) < 4.78 is 34.3. The number of ether oxygens (including phenoxy) is 1. The summed E-state index contributed by atoms with van der Waals surface area (Å²) in [5, 5.41) is 16.4. The van der Waals surface area contributed by atoms with Gasteiger partial charge >= 0.3 is 5.97 Å². The first-order valence-corrected chi connectivity index (χ1v) is 10.5. The molecule has 3 aromatic rings. The van der Waals surface area contributed by atoms with E-state index in [4.69, 9.17) is 14.4 Å². The molecule has 1 heterocycles. The molecule has 8 nitrogen and oxygen atoms in total. The third-order valence-electron chi connectivity index (χ3n) is 3.95. The maximum Gasteiger partial charge on any atom is 0.338 e. The number of hydrogen-bond donors (Lipinski definition) is 0. The highest BCUT2D eigenvalue weighted by Crippen LogP contribution is 2.23. The number of benzene rings is 2. The van der Waals surface area contributed by atoms with E-state index in [0.29, 0.717) is 11.5 Å². The van der Waals surface area contributed by atoms with E-state index in [-0.39, 0.29) is 17.2 Å². The molecule has 1 aromatic heterocycles. The first-order valence-electron chi connectivity index (χ1n) is 8.64. The fourth-order valence-electron chi connectivity index (χ4n) is 2.52. The minimum absolute atomic E-state index is 0.163. The van der Waals surface area contributed by atoms with Gasteiger partial charge in [0, 0.05) is 5.56 Å². The maximum atomic E-state index is 12.3. The SMILES string of the molecule is C[C@H](OC(=O)c1ccc(CS(=O)(=O)CC#N)cc1)c1nnc(-c2ccccc2)o1. The molecule has 1 atom stereocenters. The van der Waals surface area contributed by atoms with Gasteiger partial charge < -0.3 is 9.15 Å². The monoisotopic (exact) mass is 411 g/mol. The van der Waals surface area contributed by atoms with Crippen LogP contribution in [0.2, 0.25) is 0 Å². The highest BCUT2D eigenvalue weighted by atomic mass is 32.2. The third kappa shape index (κ3) is 5.27. The summed E-state index contributed by atoms with van der Waals surface area (Å²) in [6.07, 6.45) is -0.761. The molecular formula is C20H17N3O5S. The second kappa shape index (κ2) is 8.67. The molecular weight excluding hydrogens is 394 g/mol. The highest BCUT2D eigenvalue weighted by Gasteiger charge is 2.20. The predicted octanol–water partition coefficient (Wildman–Crippen LogP) is 3.09. The lowest BCUT2D eigenvalue weighted by Gasteiger charge is -2.10. The first kappa shape index (κ1) is 20.2. The fraction of sp³-hybridized carbons (Fsp3) is 0.200. The molecule has 0 bridgehead atoms. The van der Waals surface area contributed by atoms with Gasteiger partial charge in [-0.15, -0.1) is 10.2 Å². The van der Waals surface area contributed by atoms with Crippen molar-refractivity contribution in [3.05, 3.63) is 71.6 Å². The molecule has 29 heavy (non-hydrogen) atoms. The van der Waals surface area contributed by atoms with Crippen LogP contribution in [0.1, 0.15) is 34.8 Å². The Morgan fingerprint density at radius 2 is 1.83 bits per heavy atom. The Morgan fingerprint density at radius 3 is 2.48 bits per heavy atom. The molecule has 0 saturated carbocycles. The van der Waals surface area contributed by atoms with Crippen LogP contribution >= 0.6 is 0 Å². The van der Waals surface area contributed by atoms with Crippen molar-refractivity contribution in [1.29, 1.82) is 5.26 Å². The predicted molar refractivity (Wildman–Crippen MR) is 103 cm³/mol. The van der Waals surface area contributed by atoms with Crippen molar-refractivity contribution < 1.29 is 22.4 Å². The van der Waals surface area contributed by atoms with Crippen molar-refractivity contribution >= 4 is 15.8 Å². The summed E-state index contributed by atoms with van der Waals surface area (Å²) in [5.74, 6) is -0.939. The van der Waals surface area contributed by atoms with Gasteiger partial charge in [0.2, 0.25) is 5.89 Å². The molecule has 0 aliphatic carbocycles. The van der Waals surface area contributed by atoms with Crippen molar-refractivity contribution in [3.63, 3.8) is 0 Å². The summed E-state index contributed by atoms with van der Waals surface area (Å²) in [6, 6.07) is 16.8. The van der Waals surface area contributed by atoms with Crippen LogP contribution in [0.4, 0.5) is 0 Å². The number of aromatic nitrogens is 2. The number of esters is 1. The normalized spacial score (nSPS) is 12.1. The second-order valence-electron chi connectivity index (χ2n) is 6.25. The molecule has 3 rings (SSSR count). The zero-order valence-electron chi connectivity index (χ0n) is 15.5. The lowest BCUT2D eigenvalue weighted by atomic mass is 10.1. The zero-order valence-corrected chi connectivity index (χ0v) is 16.3. The summed E-state index contributed by atoms with van der Waals surface area (Å²) in [6.45, 7) is 1.61. The van der Waals surface area contributed by atoms with E-state index >= 15 is 0 Å². The van der Waals surface area contributed by atoms with Crippen molar-refractivity contribution in [1.82, 2.24) is 10.2 Å². The molecule has 148 valence electrons. The van der Waals surface area contributed by atoms with Crippen molar-refractivity contribution in [2.75, 3.05) is 5.75 Å². The van der Waals surface area contributed by atoms with Crippen LogP contribution in [0.25, 0.3) is 11.5 Å². The van der Waals surface area contributed by atoms with Gasteiger partial charge in [0.25, 0.3) is 5.89 Å². The van der Waals surface area contributed by atoms with Gasteiger partial charge in [0.15, 0.2) is 15.9 Å². The van der Waals surface area contributed by atoms with Gasteiger partial charge in [-0.2, -0.15) is 5.26 Å². The van der Waals surface area contributed by atoms with Crippen LogP contribution < -0.4 is 0 Å². The molecule has 0 spiro atoms. The summed E-state index contributed by atoms with van der Waals surface area (Å²) >= 11 is 0. The van der Waals surface area contributed by atoms with Crippen LogP contribution in [-0.4, -0.2) is 30.3 Å². The molecule has 0 aliphatic rings. The van der Waals surface area contributed by atoms with Crippen molar-refractivity contribution in [2.24, 2.45) is 0 Å². The molecule has 9 heteroatoms. The van der Waals surface area contributed by atoms with Crippen molar-refractivity contribution in [2.45, 2.75) is 18.8 Å². The molecule has 0 aliphatic heterocycles. The quantitative estimate of drug-likeness (QED) is 0.543. The van der Waals surface area contributed by atoms with Gasteiger partial charge in [0.1, 0.15) is 5.75 Å². The average Bonchev–Trinajstić information content (AvgIpc) is 3.19. The van der Waals surface area contributed by atoms with Gasteiger partial charge in [-0.25, -0.2) is 13.2 Å². The van der Waals surface area contributed by atoms with E-state index < -0.39 is 27.7 Å². The number of nitriles is 1. The molecule has 0 saturated heterocycles. The zero-order chi connectivity index (χ0) is 20.9. The lowest BCUT2D eigenvalue weighted by Crippen LogP contribution is -2.10. The van der Waals surface area contributed by atoms with Crippen LogP contribution in [-0.2, 0) is 20.3 Å². The van der Waals surface area contributed by atoms with Gasteiger partial charge in [0.05, 0.1) is 17.4 Å². The Labute approximate surface area is 167 Å². The Bertz CT molecular complexity index is 1130. The molecule has 2 aromatic carbocycles. The third-order valence-corrected chi connectivity index (χ3v) is 5.30. The Kier molecular flexibility index (Phi) is 6.04. The average molecular weight is 411 g/mol. The Morgan fingerprint density at radius 1 is 1.14 bits per heavy atom. The summed E-state index contributed by atoms with van der Waals surface area (Å²) in [4.78, 5) is 12.3. The van der Waals surface area contributed by atoms with Crippen LogP contribution in [0.15, 0.2) is 59.0 Å². The standard InChI is InChI=1S/C20H17N3O5S/c1-14(18-22-23-19(28-18)16-5-3-2-4-6-16)27-20(24)17-9-7-15(8-10-17)13-29(25,26)12-11-21/h2-10,14H,12-13H2,1H3/t14-/m0/s1. The first-order chi connectivity index (χ1) is 13.9. The van der Waals surface area contributed by atoms with E-state index in [1.165, 1.54) is 24.3 Å². The number of nitrogens with zero attached hydrogens (tertiary/aromatic N) is 3. The Balaban J connectivity index is 1.64. The van der Waals surface area contributed by atoms with Crippen LogP contribution in [0, 0.1) is 11.3 Å². The van der Waals surface area contributed by atoms with E-state index in [1.54, 1.807) is 13.0 Å². The highest BCUT2D eigenvalue weighted by molar-refractivity contribution is 7.90. The molecule has 0 radical (unpaired) electrons. The molecule has 0 amide bonds. The second-order valence-corrected chi connectivity index (χ2v) is 8.31. The van der Waals surface area contributed by atoms with Crippen molar-refractivity contribution in [3.8, 4) is 17.5 Å². The van der Waals surface area contributed by atoms with Crippen LogP contribution in [0.5, 0.6) is 0 Å². The topological polar surface area (TPSA) is 123 Å². The molecule has 0 N–H and O–H groups in total. The maximum absolute atomic E-state index is 12.3. The molecule has 0 fully saturated rings. The largest absolute Gasteiger partial charge is 0.449 e. The smallest absolute Gasteiger partial charge is 0.338 e. The van der Waals surface area contributed by atoms with E-state index in [1.807, 2.05) is 30.3 Å². The fourth-order valence-corrected chi connectivity index (χ4v) is 3.51. The van der Waals surface area contributed by atoms with E-state index in [2.05, 4.69) is 10.2 Å². The minimum atomic E-state index is -3.50. The van der Waals surface area contributed by atoms with Gasteiger partial charge in [-0.1, -0.05) is 30.3 Å². The van der Waals surface area contributed by atoms with E-state index in [9.17, 15) is 13.2 Å². The lowest BCUT2D eigenvalue weighted by molar-refractivity contribution is 0.0280. The molecule has 0 unspecified atom stereocenters. The van der Waals surface area contributed by atoms with Crippen LogP contribution in [0.3, 0.4) is 0 Å². The minimum Gasteiger partial charge on any atom is -0.449 e. The summed E-state index contributed by atoms with van der Waals surface area (Å²) in [5.41, 5.74) is 1.49. The number of hydrogen-bond acceptors (Lipinski definition) is 8. The number of carbonyl (C=O) groups excluding carboxylic acids is 1. The summed E-state index contributed by atoms with van der Waals surface area (Å²) in [7, 11) is -3.50. The Hall–Kier alpha value is -3.51. The van der Waals surface area contributed by atoms with Gasteiger partial charge in [-0.05, 0) is 36.8 Å². The van der Waals surface area contributed by atoms with Gasteiger partial charge in [-0.3, -0.25) is 0 Å². The number of sulfone groups is 1. The van der Waals surface area contributed by atoms with E-state index in [0.717, 1.165) is 5.56 Å². The number of rotatable bonds is 7. The number of carbonyl (C=O) groups is 1.